The molecule has 3 N–H and O–H groups in total. The number of rotatable bonds is 5. The fourth-order valence-electron chi connectivity index (χ4n) is 2.08. The zero-order valence-electron chi connectivity index (χ0n) is 11.3. The molecule has 0 bridgehead atoms. The number of nitrogens with two attached hydrogens (primary N) is 1. The third kappa shape index (κ3) is 2.93. The molecule has 0 atom stereocenters. The van der Waals surface area contributed by atoms with E-state index in [-0.39, 0.29) is 0 Å². The van der Waals surface area contributed by atoms with Crippen LogP contribution >= 0.6 is 12.2 Å². The van der Waals surface area contributed by atoms with Crippen molar-refractivity contribution >= 4 is 23.0 Å². The van der Waals surface area contributed by atoms with E-state index < -0.39 is 0 Å². The van der Waals surface area contributed by atoms with Gasteiger partial charge in [0.2, 0.25) is 0 Å². The van der Waals surface area contributed by atoms with Crippen LogP contribution in [-0.4, -0.2) is 31.1 Å². The van der Waals surface area contributed by atoms with Crippen molar-refractivity contribution < 1.29 is 0 Å². The first-order chi connectivity index (χ1) is 8.99. The maximum atomic E-state index is 5.74. The molecule has 0 unspecified atom stereocenters. The quantitative estimate of drug-likeness (QED) is 0.790. The second-order valence-electron chi connectivity index (χ2n) is 4.50. The molecule has 0 spiro atoms. The van der Waals surface area contributed by atoms with Gasteiger partial charge < -0.3 is 11.1 Å². The lowest BCUT2D eigenvalue weighted by molar-refractivity contribution is 0.756. The van der Waals surface area contributed by atoms with Gasteiger partial charge >= 0.3 is 0 Å². The van der Waals surface area contributed by atoms with Crippen molar-refractivity contribution in [3.63, 3.8) is 0 Å². The first-order valence-corrected chi connectivity index (χ1v) is 6.44. The van der Waals surface area contributed by atoms with E-state index >= 15 is 0 Å². The van der Waals surface area contributed by atoms with Gasteiger partial charge in [-0.1, -0.05) is 12.2 Å². The number of thiocarbonyl (C=S) groups is 1. The summed E-state index contributed by atoms with van der Waals surface area (Å²) in [4.78, 5) is 0.370. The minimum atomic E-state index is 0.370. The first-order valence-electron chi connectivity index (χ1n) is 6.04. The monoisotopic (exact) mass is 278 g/mol. The molecule has 2 aromatic heterocycles. The summed E-state index contributed by atoms with van der Waals surface area (Å²) in [5, 5.41) is 11.8. The molecule has 2 rings (SSSR count). The molecule has 19 heavy (non-hydrogen) atoms. The van der Waals surface area contributed by atoms with Gasteiger partial charge in [0, 0.05) is 26.8 Å². The van der Waals surface area contributed by atoms with Crippen molar-refractivity contribution in [2.24, 2.45) is 19.8 Å². The molecule has 0 fully saturated rings. The van der Waals surface area contributed by atoms with Crippen LogP contribution in [0.3, 0.4) is 0 Å². The highest BCUT2D eigenvalue weighted by molar-refractivity contribution is 7.80. The topological polar surface area (TPSA) is 73.7 Å². The summed E-state index contributed by atoms with van der Waals surface area (Å²) in [5.41, 5.74) is 8.59. The Bertz CT molecular complexity index is 597. The van der Waals surface area contributed by atoms with Gasteiger partial charge in [-0.2, -0.15) is 10.2 Å². The highest BCUT2D eigenvalue weighted by Crippen LogP contribution is 2.18. The molecule has 2 heterocycles. The zero-order valence-corrected chi connectivity index (χ0v) is 12.2. The largest absolute Gasteiger partial charge is 0.389 e. The number of hydrogen-bond acceptors (Lipinski definition) is 4. The van der Waals surface area contributed by atoms with Gasteiger partial charge in [-0.25, -0.2) is 0 Å². The van der Waals surface area contributed by atoms with Crippen molar-refractivity contribution in [2.75, 3.05) is 11.9 Å². The number of nitrogens with zero attached hydrogens (tertiary/aromatic N) is 4. The molecule has 7 heteroatoms. The smallest absolute Gasteiger partial charge is 0.134 e. The van der Waals surface area contributed by atoms with Gasteiger partial charge in [-0.3, -0.25) is 9.36 Å². The second-order valence-corrected chi connectivity index (χ2v) is 4.94. The number of nitrogens with one attached hydrogen (secondary N) is 1. The highest BCUT2D eigenvalue weighted by Gasteiger charge is 2.14. The molecule has 0 aliphatic heterocycles. The summed E-state index contributed by atoms with van der Waals surface area (Å²) in [6.45, 7) is 2.68. The maximum Gasteiger partial charge on any atom is 0.134 e. The standard InChI is InChI=1S/C12H18N6S/c1-8-10(11(13)19)12(18(3)16-8)14-5-4-9-6-15-17(2)7-9/h6-7,14H,4-5H2,1-3H3,(H2,13,19). The molecular weight excluding hydrogens is 260 g/mol. The fourth-order valence-corrected chi connectivity index (χ4v) is 2.33. The summed E-state index contributed by atoms with van der Waals surface area (Å²) in [5.74, 6) is 0.869. The van der Waals surface area contributed by atoms with E-state index in [0.29, 0.717) is 4.99 Å². The molecular formula is C12H18N6S. The van der Waals surface area contributed by atoms with Gasteiger partial charge in [-0.05, 0) is 18.9 Å². The molecule has 0 aliphatic rings. The predicted octanol–water partition coefficient (Wildman–Crippen LogP) is 0.751. The van der Waals surface area contributed by atoms with E-state index in [2.05, 4.69) is 15.5 Å². The molecule has 0 saturated carbocycles. The van der Waals surface area contributed by atoms with Crippen molar-refractivity contribution in [1.82, 2.24) is 19.6 Å². The summed E-state index contributed by atoms with van der Waals surface area (Å²) >= 11 is 5.07. The van der Waals surface area contributed by atoms with Crippen LogP contribution in [-0.2, 0) is 20.5 Å². The third-order valence-electron chi connectivity index (χ3n) is 2.93. The van der Waals surface area contributed by atoms with E-state index in [4.69, 9.17) is 18.0 Å². The average Bonchev–Trinajstić information content (AvgIpc) is 2.84. The van der Waals surface area contributed by atoms with Crippen LogP contribution in [0, 0.1) is 6.92 Å². The Kier molecular flexibility index (Phi) is 3.84. The molecule has 0 saturated heterocycles. The van der Waals surface area contributed by atoms with Crippen LogP contribution in [0.15, 0.2) is 12.4 Å². The van der Waals surface area contributed by atoms with Crippen LogP contribution in [0.2, 0.25) is 0 Å². The molecule has 0 amide bonds. The molecule has 6 nitrogen and oxygen atoms in total. The zero-order chi connectivity index (χ0) is 14.0. The van der Waals surface area contributed by atoms with Gasteiger partial charge in [0.05, 0.1) is 17.5 Å². The SMILES string of the molecule is Cc1nn(C)c(NCCc2cnn(C)c2)c1C(N)=S. The van der Waals surface area contributed by atoms with Crippen molar-refractivity contribution in [3.05, 3.63) is 29.2 Å². The lowest BCUT2D eigenvalue weighted by Crippen LogP contribution is -2.15. The van der Waals surface area contributed by atoms with Crippen LogP contribution in [0.1, 0.15) is 16.8 Å². The average molecular weight is 278 g/mol. The van der Waals surface area contributed by atoms with Crippen LogP contribution < -0.4 is 11.1 Å². The van der Waals surface area contributed by atoms with Crippen LogP contribution in [0.5, 0.6) is 0 Å². The lowest BCUT2D eigenvalue weighted by atomic mass is 10.2. The maximum absolute atomic E-state index is 5.74. The van der Waals surface area contributed by atoms with Gasteiger partial charge in [-0.15, -0.1) is 0 Å². The Morgan fingerprint density at radius 2 is 2.21 bits per heavy atom. The number of aryl methyl sites for hydroxylation is 3. The van der Waals surface area contributed by atoms with E-state index in [9.17, 15) is 0 Å². The van der Waals surface area contributed by atoms with Gasteiger partial charge in [0.25, 0.3) is 0 Å². The van der Waals surface area contributed by atoms with Crippen molar-refractivity contribution in [3.8, 4) is 0 Å². The number of anilines is 1. The predicted molar refractivity (Wildman–Crippen MR) is 79.2 cm³/mol. The van der Waals surface area contributed by atoms with E-state index in [1.165, 1.54) is 5.56 Å². The van der Waals surface area contributed by atoms with Crippen LogP contribution in [0.4, 0.5) is 5.82 Å². The lowest BCUT2D eigenvalue weighted by Gasteiger charge is -2.08. The molecule has 0 aromatic carbocycles. The van der Waals surface area contributed by atoms with Gasteiger partial charge in [0.15, 0.2) is 0 Å². The minimum absolute atomic E-state index is 0.370. The molecule has 102 valence electrons. The number of aromatic nitrogens is 4. The van der Waals surface area contributed by atoms with Crippen molar-refractivity contribution in [1.29, 1.82) is 0 Å². The number of hydrogen-bond donors (Lipinski definition) is 2. The highest BCUT2D eigenvalue weighted by atomic mass is 32.1. The van der Waals surface area contributed by atoms with Crippen molar-refractivity contribution in [2.45, 2.75) is 13.3 Å². The van der Waals surface area contributed by atoms with Gasteiger partial charge in [0.1, 0.15) is 10.8 Å². The van der Waals surface area contributed by atoms with E-state index in [1.54, 1.807) is 9.36 Å². The Morgan fingerprint density at radius 1 is 1.47 bits per heavy atom. The van der Waals surface area contributed by atoms with E-state index in [0.717, 1.165) is 30.0 Å². The molecule has 0 radical (unpaired) electrons. The van der Waals surface area contributed by atoms with E-state index in [1.807, 2.05) is 33.4 Å². The fraction of sp³-hybridized carbons (Fsp3) is 0.417. The Labute approximate surface area is 117 Å². The summed E-state index contributed by atoms with van der Waals surface area (Å²) in [7, 11) is 3.79. The summed E-state index contributed by atoms with van der Waals surface area (Å²) in [6.07, 6.45) is 4.75. The molecule has 2 aromatic rings. The molecule has 0 aliphatic carbocycles. The Morgan fingerprint density at radius 3 is 2.79 bits per heavy atom. The second kappa shape index (κ2) is 5.40. The Balaban J connectivity index is 2.05. The first kappa shape index (κ1) is 13.5. The third-order valence-corrected chi connectivity index (χ3v) is 3.14. The Hall–Kier alpha value is -1.89. The minimum Gasteiger partial charge on any atom is -0.389 e. The normalized spacial score (nSPS) is 10.7. The summed E-state index contributed by atoms with van der Waals surface area (Å²) < 4.78 is 3.57. The summed E-state index contributed by atoms with van der Waals surface area (Å²) in [6, 6.07) is 0. The van der Waals surface area contributed by atoms with Crippen LogP contribution in [0.25, 0.3) is 0 Å².